The number of rotatable bonds is 6. The molecule has 6 unspecified atom stereocenters. The zero-order chi connectivity index (χ0) is 20.5. The van der Waals surface area contributed by atoms with Gasteiger partial charge >= 0.3 is 11.9 Å². The number of aliphatic carboxylic acids is 2. The van der Waals surface area contributed by atoms with Crippen LogP contribution in [0.15, 0.2) is 0 Å². The third-order valence-corrected chi connectivity index (χ3v) is 6.98. The predicted octanol–water partition coefficient (Wildman–Crippen LogP) is 0.415. The van der Waals surface area contributed by atoms with Crippen LogP contribution in [0.5, 0.6) is 0 Å². The van der Waals surface area contributed by atoms with Gasteiger partial charge < -0.3 is 15.5 Å². The van der Waals surface area contributed by atoms with Crippen LogP contribution in [0.2, 0.25) is 0 Å². The van der Waals surface area contributed by atoms with Gasteiger partial charge in [0.2, 0.25) is 0 Å². The molecule has 2 aliphatic heterocycles. The van der Waals surface area contributed by atoms with Gasteiger partial charge in [0.1, 0.15) is 12.1 Å². The summed E-state index contributed by atoms with van der Waals surface area (Å²) in [6, 6.07) is -1.06. The quantitative estimate of drug-likeness (QED) is 0.614. The van der Waals surface area contributed by atoms with Gasteiger partial charge in [-0.25, -0.2) is 0 Å². The number of nitrogens with one attached hydrogen (secondary N) is 1. The second-order valence-electron chi connectivity index (χ2n) is 8.81. The van der Waals surface area contributed by atoms with Crippen molar-refractivity contribution in [2.75, 3.05) is 19.6 Å². The monoisotopic (exact) mass is 406 g/mol. The lowest BCUT2D eigenvalue weighted by Crippen LogP contribution is -2.50. The predicted molar refractivity (Wildman–Crippen MR) is 102 cm³/mol. The van der Waals surface area contributed by atoms with Crippen molar-refractivity contribution in [3.8, 4) is 0 Å². The molecule has 6 atom stereocenters. The molecule has 2 saturated heterocycles. The minimum Gasteiger partial charge on any atom is -0.480 e. The average Bonchev–Trinajstić information content (AvgIpc) is 3.34. The number of carboxylic acids is 2. The van der Waals surface area contributed by atoms with Gasteiger partial charge in [0.05, 0.1) is 6.04 Å². The number of nitrogens with zero attached hydrogens (tertiary/aromatic N) is 5. The summed E-state index contributed by atoms with van der Waals surface area (Å²) in [5, 5.41) is 34.7. The van der Waals surface area contributed by atoms with E-state index in [9.17, 15) is 19.8 Å². The molecule has 0 radical (unpaired) electrons. The Hall–Kier alpha value is -2.07. The number of tetrazole rings is 1. The first-order valence-electron chi connectivity index (χ1n) is 10.7. The van der Waals surface area contributed by atoms with Crippen LogP contribution < -0.4 is 5.32 Å². The Kier molecular flexibility index (Phi) is 5.82. The molecule has 1 aromatic heterocycles. The number of piperidine rings is 1. The Labute approximate surface area is 169 Å². The summed E-state index contributed by atoms with van der Waals surface area (Å²) in [6.07, 6.45) is 4.98. The number of aryl methyl sites for hydroxylation is 1. The van der Waals surface area contributed by atoms with Crippen LogP contribution in [0.3, 0.4) is 0 Å². The Morgan fingerprint density at radius 2 is 1.97 bits per heavy atom. The molecule has 10 nitrogen and oxygen atoms in total. The third-order valence-electron chi connectivity index (χ3n) is 6.98. The normalized spacial score (nSPS) is 35.3. The first kappa shape index (κ1) is 20.2. The Balaban J connectivity index is 1.39. The second kappa shape index (κ2) is 8.35. The maximum Gasteiger partial charge on any atom is 0.321 e. The van der Waals surface area contributed by atoms with Gasteiger partial charge in [-0.05, 0) is 61.6 Å². The molecule has 1 saturated carbocycles. The fourth-order valence-electron chi connectivity index (χ4n) is 5.40. The average molecular weight is 406 g/mol. The molecule has 3 N–H and O–H groups in total. The Morgan fingerprint density at radius 3 is 2.66 bits per heavy atom. The van der Waals surface area contributed by atoms with E-state index < -0.39 is 24.0 Å². The maximum atomic E-state index is 11.9. The standard InChI is InChI=1S/C19H30N6O4/c1-2-17-21-23-25(22-17)14-7-16(19(28)29)24(10-14)9-11-3-4-12-8-20-15(18(26)27)6-13(12)5-11/h11-16,20H,2-10H2,1H3,(H,26,27)(H,28,29). The smallest absolute Gasteiger partial charge is 0.321 e. The summed E-state index contributed by atoms with van der Waals surface area (Å²) < 4.78 is 0. The Bertz CT molecular complexity index is 755. The van der Waals surface area contributed by atoms with Gasteiger partial charge in [0.15, 0.2) is 5.82 Å². The molecule has 4 rings (SSSR count). The van der Waals surface area contributed by atoms with Gasteiger partial charge in [-0.15, -0.1) is 10.2 Å². The van der Waals surface area contributed by atoms with E-state index in [4.69, 9.17) is 0 Å². The van der Waals surface area contributed by atoms with E-state index in [2.05, 4.69) is 25.6 Å². The number of hydrogen-bond acceptors (Lipinski definition) is 7. The van der Waals surface area contributed by atoms with Crippen LogP contribution >= 0.6 is 0 Å². The fraction of sp³-hybridized carbons (Fsp3) is 0.842. The first-order valence-corrected chi connectivity index (χ1v) is 10.7. The molecule has 0 amide bonds. The summed E-state index contributed by atoms with van der Waals surface area (Å²) in [7, 11) is 0. The molecule has 160 valence electrons. The van der Waals surface area contributed by atoms with Gasteiger partial charge in [-0.2, -0.15) is 4.80 Å². The molecule has 3 fully saturated rings. The van der Waals surface area contributed by atoms with E-state index in [0.717, 1.165) is 32.4 Å². The molecule has 3 heterocycles. The van der Waals surface area contributed by atoms with Crippen molar-refractivity contribution < 1.29 is 19.8 Å². The number of aromatic nitrogens is 4. The number of fused-ring (bicyclic) bond motifs is 1. The van der Waals surface area contributed by atoms with Crippen LogP contribution in [-0.4, -0.2) is 79.0 Å². The van der Waals surface area contributed by atoms with Crippen molar-refractivity contribution in [2.24, 2.45) is 17.8 Å². The van der Waals surface area contributed by atoms with Gasteiger partial charge in [-0.1, -0.05) is 6.92 Å². The Morgan fingerprint density at radius 1 is 1.14 bits per heavy atom. The molecule has 29 heavy (non-hydrogen) atoms. The number of carboxylic acid groups (broad SMARTS) is 2. The van der Waals surface area contributed by atoms with E-state index in [1.54, 1.807) is 4.80 Å². The SMILES string of the molecule is CCc1nnn(C2CC(C(=O)O)N(CC3CCC4CNC(C(=O)O)CC4C3)C2)n1. The molecular formula is C19H30N6O4. The molecule has 0 bridgehead atoms. The first-order chi connectivity index (χ1) is 13.9. The highest BCUT2D eigenvalue weighted by molar-refractivity contribution is 5.74. The molecule has 0 spiro atoms. The molecule has 1 aromatic rings. The molecule has 1 aliphatic carbocycles. The lowest BCUT2D eigenvalue weighted by Gasteiger charge is -2.42. The number of likely N-dealkylation sites (tertiary alicyclic amines) is 1. The van der Waals surface area contributed by atoms with Crippen molar-refractivity contribution in [2.45, 2.75) is 63.6 Å². The van der Waals surface area contributed by atoms with Crippen molar-refractivity contribution in [1.29, 1.82) is 0 Å². The minimum absolute atomic E-state index is 0.0736. The second-order valence-corrected chi connectivity index (χ2v) is 8.81. The van der Waals surface area contributed by atoms with Crippen molar-refractivity contribution in [1.82, 2.24) is 30.4 Å². The van der Waals surface area contributed by atoms with Crippen LogP contribution in [0, 0.1) is 17.8 Å². The zero-order valence-corrected chi connectivity index (χ0v) is 16.8. The van der Waals surface area contributed by atoms with E-state index in [1.165, 1.54) is 0 Å². The van der Waals surface area contributed by atoms with Gasteiger partial charge in [-0.3, -0.25) is 14.5 Å². The molecular weight excluding hydrogens is 376 g/mol. The number of hydrogen-bond donors (Lipinski definition) is 3. The van der Waals surface area contributed by atoms with Crippen molar-refractivity contribution in [3.05, 3.63) is 5.82 Å². The van der Waals surface area contributed by atoms with Crippen LogP contribution in [0.25, 0.3) is 0 Å². The molecule has 10 heteroatoms. The van der Waals surface area contributed by atoms with Crippen molar-refractivity contribution >= 4 is 11.9 Å². The van der Waals surface area contributed by atoms with E-state index in [0.29, 0.717) is 49.4 Å². The van der Waals surface area contributed by atoms with E-state index >= 15 is 0 Å². The summed E-state index contributed by atoms with van der Waals surface area (Å²) in [5.74, 6) is 0.444. The highest BCUT2D eigenvalue weighted by Crippen LogP contribution is 2.40. The van der Waals surface area contributed by atoms with Crippen molar-refractivity contribution in [3.63, 3.8) is 0 Å². The van der Waals surface area contributed by atoms with Crippen LogP contribution in [0.1, 0.15) is 50.9 Å². The van der Waals surface area contributed by atoms with Gasteiger partial charge in [0, 0.05) is 19.5 Å². The maximum absolute atomic E-state index is 11.9. The lowest BCUT2D eigenvalue weighted by atomic mass is 9.69. The third kappa shape index (κ3) is 4.28. The summed E-state index contributed by atoms with van der Waals surface area (Å²) in [6.45, 7) is 4.08. The summed E-state index contributed by atoms with van der Waals surface area (Å²) >= 11 is 0. The van der Waals surface area contributed by atoms with E-state index in [1.807, 2.05) is 6.92 Å². The lowest BCUT2D eigenvalue weighted by molar-refractivity contribution is -0.143. The van der Waals surface area contributed by atoms with Gasteiger partial charge in [0.25, 0.3) is 0 Å². The topological polar surface area (TPSA) is 133 Å². The minimum atomic E-state index is -0.801. The number of carbonyl (C=O) groups is 2. The van der Waals surface area contributed by atoms with Crippen LogP contribution in [-0.2, 0) is 16.0 Å². The highest BCUT2D eigenvalue weighted by atomic mass is 16.4. The molecule has 0 aromatic carbocycles. The summed E-state index contributed by atoms with van der Waals surface area (Å²) in [5.41, 5.74) is 0. The molecule has 3 aliphatic rings. The zero-order valence-electron chi connectivity index (χ0n) is 16.8. The highest BCUT2D eigenvalue weighted by Gasteiger charge is 2.42. The largest absolute Gasteiger partial charge is 0.480 e. The van der Waals surface area contributed by atoms with E-state index in [-0.39, 0.29) is 6.04 Å². The summed E-state index contributed by atoms with van der Waals surface area (Å²) in [4.78, 5) is 26.8. The fourth-order valence-corrected chi connectivity index (χ4v) is 5.40. The van der Waals surface area contributed by atoms with Crippen LogP contribution in [0.4, 0.5) is 0 Å².